The van der Waals surface area contributed by atoms with Crippen molar-refractivity contribution in [2.24, 2.45) is 10.2 Å². The third kappa shape index (κ3) is 7.18. The first-order chi connectivity index (χ1) is 5.31. The lowest BCUT2D eigenvalue weighted by molar-refractivity contribution is 0.123. The molecule has 0 saturated heterocycles. The zero-order valence-electron chi connectivity index (χ0n) is 8.29. The van der Waals surface area contributed by atoms with Crippen LogP contribution in [0.15, 0.2) is 10.2 Å². The van der Waals surface area contributed by atoms with Crippen LogP contribution in [0, 0.1) is 0 Å². The Kier molecular flexibility index (Phi) is 3.86. The SMILES string of the molecule is CC(C)OC(=O)/N=N/C(C)(C)C. The maximum Gasteiger partial charge on any atom is 0.452 e. The fraction of sp³-hybridized carbons (Fsp3) is 0.875. The number of nitrogens with zero attached hydrogens (tertiary/aromatic N) is 2. The molecule has 0 fully saturated rings. The zero-order chi connectivity index (χ0) is 9.78. The van der Waals surface area contributed by atoms with Crippen LogP contribution in [-0.2, 0) is 4.74 Å². The molecule has 12 heavy (non-hydrogen) atoms. The Morgan fingerprint density at radius 2 is 1.83 bits per heavy atom. The van der Waals surface area contributed by atoms with E-state index in [0.29, 0.717) is 0 Å². The van der Waals surface area contributed by atoms with Gasteiger partial charge in [-0.05, 0) is 34.6 Å². The molecule has 0 aromatic carbocycles. The molecule has 0 radical (unpaired) electrons. The number of rotatable bonds is 1. The third-order valence-corrected chi connectivity index (χ3v) is 0.768. The first-order valence-electron chi connectivity index (χ1n) is 3.95. The molecule has 4 heteroatoms. The van der Waals surface area contributed by atoms with Gasteiger partial charge in [0.05, 0.1) is 11.6 Å². The summed E-state index contributed by atoms with van der Waals surface area (Å²) in [6.45, 7) is 9.12. The van der Waals surface area contributed by atoms with Crippen LogP contribution in [0.25, 0.3) is 0 Å². The summed E-state index contributed by atoms with van der Waals surface area (Å²) in [6.07, 6.45) is -0.767. The molecule has 0 aliphatic heterocycles. The second-order valence-corrected chi connectivity index (χ2v) is 3.80. The molecule has 0 aromatic heterocycles. The van der Waals surface area contributed by atoms with Gasteiger partial charge in [0.25, 0.3) is 0 Å². The van der Waals surface area contributed by atoms with E-state index in [1.165, 1.54) is 0 Å². The van der Waals surface area contributed by atoms with Crippen molar-refractivity contribution in [1.29, 1.82) is 0 Å². The van der Waals surface area contributed by atoms with Crippen LogP contribution in [0.3, 0.4) is 0 Å². The van der Waals surface area contributed by atoms with Crippen molar-refractivity contribution in [3.8, 4) is 0 Å². The lowest BCUT2D eigenvalue weighted by atomic mass is 10.1. The molecule has 0 spiro atoms. The predicted octanol–water partition coefficient (Wildman–Crippen LogP) is 2.78. The van der Waals surface area contributed by atoms with Crippen molar-refractivity contribution in [2.45, 2.75) is 46.3 Å². The van der Waals surface area contributed by atoms with E-state index >= 15 is 0 Å². The number of hydrogen-bond donors (Lipinski definition) is 0. The summed E-state index contributed by atoms with van der Waals surface area (Å²) in [4.78, 5) is 10.8. The van der Waals surface area contributed by atoms with E-state index in [2.05, 4.69) is 10.2 Å². The van der Waals surface area contributed by atoms with Gasteiger partial charge in [0, 0.05) is 0 Å². The predicted molar refractivity (Wildman–Crippen MR) is 46.2 cm³/mol. The van der Waals surface area contributed by atoms with Crippen LogP contribution < -0.4 is 0 Å². The molecule has 0 rings (SSSR count). The molecule has 0 aliphatic rings. The molecule has 4 nitrogen and oxygen atoms in total. The van der Waals surface area contributed by atoms with Gasteiger partial charge in [0.15, 0.2) is 0 Å². The molecular formula is C8H16N2O2. The average molecular weight is 172 g/mol. The van der Waals surface area contributed by atoms with Crippen LogP contribution in [0.4, 0.5) is 4.79 Å². The number of azo groups is 1. The molecule has 1 amide bonds. The summed E-state index contributed by atoms with van der Waals surface area (Å²) in [5.74, 6) is 0. The Morgan fingerprint density at radius 3 is 2.17 bits per heavy atom. The fourth-order valence-electron chi connectivity index (χ4n) is 0.416. The minimum Gasteiger partial charge on any atom is -0.444 e. The summed E-state index contributed by atoms with van der Waals surface area (Å²) < 4.78 is 4.75. The molecule has 0 aromatic rings. The van der Waals surface area contributed by atoms with Crippen LogP contribution in [0.1, 0.15) is 34.6 Å². The maximum atomic E-state index is 10.8. The van der Waals surface area contributed by atoms with Crippen LogP contribution >= 0.6 is 0 Å². The molecule has 70 valence electrons. The summed E-state index contributed by atoms with van der Waals surface area (Å²) in [5, 5.41) is 7.16. The number of ether oxygens (including phenoxy) is 1. The van der Waals surface area contributed by atoms with Crippen molar-refractivity contribution < 1.29 is 9.53 Å². The van der Waals surface area contributed by atoms with Gasteiger partial charge in [0.1, 0.15) is 0 Å². The highest BCUT2D eigenvalue weighted by atomic mass is 16.6. The summed E-state index contributed by atoms with van der Waals surface area (Å²) in [7, 11) is 0. The minimum absolute atomic E-state index is 0.142. The second kappa shape index (κ2) is 4.18. The number of carbonyl (C=O) groups excluding carboxylic acids is 1. The average Bonchev–Trinajstić information content (AvgIpc) is 1.80. The molecule has 0 aliphatic carbocycles. The Bertz CT molecular complexity index is 180. The minimum atomic E-state index is -0.625. The topological polar surface area (TPSA) is 51.0 Å². The van der Waals surface area contributed by atoms with E-state index in [0.717, 1.165) is 0 Å². The summed E-state index contributed by atoms with van der Waals surface area (Å²) in [5.41, 5.74) is -0.323. The second-order valence-electron chi connectivity index (χ2n) is 3.80. The molecule has 0 saturated carbocycles. The fourth-order valence-corrected chi connectivity index (χ4v) is 0.416. The highest BCUT2D eigenvalue weighted by molar-refractivity contribution is 5.67. The third-order valence-electron chi connectivity index (χ3n) is 0.768. The lowest BCUT2D eigenvalue weighted by Gasteiger charge is -2.09. The van der Waals surface area contributed by atoms with Crippen molar-refractivity contribution in [2.75, 3.05) is 0 Å². The van der Waals surface area contributed by atoms with E-state index in [-0.39, 0.29) is 11.6 Å². The largest absolute Gasteiger partial charge is 0.452 e. The van der Waals surface area contributed by atoms with Crippen molar-refractivity contribution in [3.05, 3.63) is 0 Å². The van der Waals surface area contributed by atoms with Gasteiger partial charge < -0.3 is 4.74 Å². The highest BCUT2D eigenvalue weighted by Crippen LogP contribution is 2.07. The van der Waals surface area contributed by atoms with Crippen LogP contribution in [0.5, 0.6) is 0 Å². The van der Waals surface area contributed by atoms with E-state index in [1.54, 1.807) is 13.8 Å². The maximum absolute atomic E-state index is 10.8. The molecular weight excluding hydrogens is 156 g/mol. The Hall–Kier alpha value is -0.930. The van der Waals surface area contributed by atoms with E-state index in [1.807, 2.05) is 20.8 Å². The van der Waals surface area contributed by atoms with Crippen molar-refractivity contribution in [1.82, 2.24) is 0 Å². The quantitative estimate of drug-likeness (QED) is 0.571. The van der Waals surface area contributed by atoms with E-state index in [4.69, 9.17) is 4.74 Å². The molecule has 0 N–H and O–H groups in total. The van der Waals surface area contributed by atoms with Gasteiger partial charge in [-0.15, -0.1) is 0 Å². The van der Waals surface area contributed by atoms with E-state index in [9.17, 15) is 4.79 Å². The van der Waals surface area contributed by atoms with Gasteiger partial charge in [-0.1, -0.05) is 5.11 Å². The number of carbonyl (C=O) groups is 1. The first kappa shape index (κ1) is 11.1. The standard InChI is InChI=1S/C8H16N2O2/c1-6(2)12-7(11)9-10-8(3,4)5/h6H,1-5H3/b10-9+. The number of amides is 1. The summed E-state index contributed by atoms with van der Waals surface area (Å²) >= 11 is 0. The first-order valence-corrected chi connectivity index (χ1v) is 3.95. The van der Waals surface area contributed by atoms with Gasteiger partial charge in [-0.25, -0.2) is 4.79 Å². The van der Waals surface area contributed by atoms with Crippen LogP contribution in [-0.4, -0.2) is 17.7 Å². The van der Waals surface area contributed by atoms with Gasteiger partial charge in [-0.3, -0.25) is 0 Å². The molecule has 0 unspecified atom stereocenters. The highest BCUT2D eigenvalue weighted by Gasteiger charge is 2.09. The van der Waals surface area contributed by atoms with Crippen molar-refractivity contribution in [3.63, 3.8) is 0 Å². The molecule has 0 heterocycles. The lowest BCUT2D eigenvalue weighted by Crippen LogP contribution is -2.11. The Labute approximate surface area is 73.0 Å². The van der Waals surface area contributed by atoms with Gasteiger partial charge >= 0.3 is 6.09 Å². The van der Waals surface area contributed by atoms with Crippen molar-refractivity contribution >= 4 is 6.09 Å². The number of hydrogen-bond acceptors (Lipinski definition) is 3. The zero-order valence-corrected chi connectivity index (χ0v) is 8.29. The molecule has 0 bridgehead atoms. The monoisotopic (exact) mass is 172 g/mol. The summed E-state index contributed by atoms with van der Waals surface area (Å²) in [6, 6.07) is 0. The molecule has 0 atom stereocenters. The normalized spacial score (nSPS) is 12.5. The Morgan fingerprint density at radius 1 is 1.33 bits per heavy atom. The smallest absolute Gasteiger partial charge is 0.444 e. The Balaban J connectivity index is 3.93. The van der Waals surface area contributed by atoms with Crippen LogP contribution in [0.2, 0.25) is 0 Å². The van der Waals surface area contributed by atoms with Gasteiger partial charge in [-0.2, -0.15) is 5.11 Å². The van der Waals surface area contributed by atoms with Gasteiger partial charge in [0.2, 0.25) is 0 Å². The van der Waals surface area contributed by atoms with E-state index < -0.39 is 6.09 Å².